The quantitative estimate of drug-likeness (QED) is 0.755. The maximum atomic E-state index is 12.3. The summed E-state index contributed by atoms with van der Waals surface area (Å²) in [6.45, 7) is 2.25. The molecule has 1 aliphatic rings. The molecule has 3 heterocycles. The van der Waals surface area contributed by atoms with Crippen LogP contribution in [0.4, 0.5) is 10.6 Å². The molecular weight excluding hydrogens is 322 g/mol. The Labute approximate surface area is 143 Å². The van der Waals surface area contributed by atoms with Crippen LogP contribution in [-0.4, -0.2) is 62.4 Å². The molecule has 4 rings (SSSR count). The number of carbonyl (C=O) groups is 1. The Balaban J connectivity index is 1.59. The van der Waals surface area contributed by atoms with Gasteiger partial charge in [0.05, 0.1) is 24.9 Å². The van der Waals surface area contributed by atoms with E-state index in [0.29, 0.717) is 32.1 Å². The zero-order valence-electron chi connectivity index (χ0n) is 13.7. The summed E-state index contributed by atoms with van der Waals surface area (Å²) in [5.41, 5.74) is 2.45. The molecule has 3 aromatic rings. The number of anilines is 1. The summed E-state index contributed by atoms with van der Waals surface area (Å²) in [6.07, 6.45) is 1.84. The lowest BCUT2D eigenvalue weighted by Crippen LogP contribution is -2.43. The summed E-state index contributed by atoms with van der Waals surface area (Å²) in [4.78, 5) is 14.0. The minimum atomic E-state index is -0.193. The Morgan fingerprint density at radius 1 is 1.16 bits per heavy atom. The van der Waals surface area contributed by atoms with Gasteiger partial charge in [-0.05, 0) is 18.2 Å². The molecule has 0 saturated carbocycles. The van der Waals surface area contributed by atoms with Gasteiger partial charge < -0.3 is 9.64 Å². The van der Waals surface area contributed by atoms with E-state index in [9.17, 15) is 4.79 Å². The lowest BCUT2D eigenvalue weighted by atomic mass is 10.1. The van der Waals surface area contributed by atoms with Gasteiger partial charge in [0, 0.05) is 31.1 Å². The molecule has 2 amide bonds. The number of benzene rings is 1. The number of nitrogens with zero attached hydrogens (tertiary/aromatic N) is 6. The Morgan fingerprint density at radius 3 is 2.76 bits per heavy atom. The van der Waals surface area contributed by atoms with Crippen molar-refractivity contribution < 1.29 is 9.53 Å². The van der Waals surface area contributed by atoms with Crippen LogP contribution in [0.25, 0.3) is 22.2 Å². The average molecular weight is 339 g/mol. The van der Waals surface area contributed by atoms with Crippen LogP contribution >= 0.6 is 0 Å². The minimum Gasteiger partial charge on any atom is -0.378 e. The highest BCUT2D eigenvalue weighted by molar-refractivity contribution is 5.91. The number of hydrogen-bond donors (Lipinski definition) is 1. The number of aromatic nitrogens is 5. The first-order chi connectivity index (χ1) is 12.2. The molecule has 25 heavy (non-hydrogen) atoms. The maximum absolute atomic E-state index is 12.3. The number of ether oxygens (including phenoxy) is 1. The maximum Gasteiger partial charge on any atom is 0.323 e. The molecule has 0 atom stereocenters. The van der Waals surface area contributed by atoms with Gasteiger partial charge in [-0.1, -0.05) is 11.3 Å². The standard InChI is InChI=1S/C16H17N7O2/c1-22-10-14(19-21-22)11-2-3-13-12(8-11)9-15(20-18-13)17-16(24)23-4-6-25-7-5-23/h2-3,8-10H,4-7H2,1H3,(H,17,20,24). The molecule has 0 bridgehead atoms. The monoisotopic (exact) mass is 339 g/mol. The van der Waals surface area contributed by atoms with Crippen LogP contribution in [0.1, 0.15) is 0 Å². The van der Waals surface area contributed by atoms with Crippen molar-refractivity contribution >= 4 is 22.8 Å². The summed E-state index contributed by atoms with van der Waals surface area (Å²) in [5, 5.41) is 20.0. The van der Waals surface area contributed by atoms with Gasteiger partial charge in [0.25, 0.3) is 0 Å². The number of amides is 2. The number of hydrogen-bond acceptors (Lipinski definition) is 6. The molecule has 1 N–H and O–H groups in total. The van der Waals surface area contributed by atoms with Crippen molar-refractivity contribution in [1.29, 1.82) is 0 Å². The predicted octanol–water partition coefficient (Wildman–Crippen LogP) is 1.29. The first-order valence-corrected chi connectivity index (χ1v) is 7.97. The Bertz CT molecular complexity index is 918. The van der Waals surface area contributed by atoms with E-state index < -0.39 is 0 Å². The summed E-state index contributed by atoms with van der Waals surface area (Å²) in [6, 6.07) is 7.37. The molecule has 0 aliphatic carbocycles. The Hall–Kier alpha value is -3.07. The molecule has 2 aromatic heterocycles. The third kappa shape index (κ3) is 3.26. The molecule has 1 fully saturated rings. The van der Waals surface area contributed by atoms with E-state index in [0.717, 1.165) is 22.2 Å². The summed E-state index contributed by atoms with van der Waals surface area (Å²) >= 11 is 0. The fourth-order valence-electron chi connectivity index (χ4n) is 2.70. The highest BCUT2D eigenvalue weighted by Crippen LogP contribution is 2.22. The van der Waals surface area contributed by atoms with Crippen molar-refractivity contribution in [2.24, 2.45) is 7.05 Å². The van der Waals surface area contributed by atoms with Crippen LogP contribution in [0.15, 0.2) is 30.5 Å². The van der Waals surface area contributed by atoms with Gasteiger partial charge in [0.1, 0.15) is 5.69 Å². The highest BCUT2D eigenvalue weighted by Gasteiger charge is 2.17. The van der Waals surface area contributed by atoms with Gasteiger partial charge in [-0.25, -0.2) is 4.79 Å². The average Bonchev–Trinajstić information content (AvgIpc) is 3.08. The van der Waals surface area contributed by atoms with Crippen molar-refractivity contribution in [3.8, 4) is 11.3 Å². The number of morpholine rings is 1. The first kappa shape index (κ1) is 15.5. The van der Waals surface area contributed by atoms with Gasteiger partial charge in [0.15, 0.2) is 5.82 Å². The van der Waals surface area contributed by atoms with Gasteiger partial charge in [-0.2, -0.15) is 0 Å². The molecule has 0 radical (unpaired) electrons. The second-order valence-corrected chi connectivity index (χ2v) is 5.81. The zero-order chi connectivity index (χ0) is 17.2. The summed E-state index contributed by atoms with van der Waals surface area (Å²) < 4.78 is 6.90. The molecule has 1 saturated heterocycles. The van der Waals surface area contributed by atoms with Crippen LogP contribution in [0.3, 0.4) is 0 Å². The van der Waals surface area contributed by atoms with Gasteiger partial charge in [-0.3, -0.25) is 10.00 Å². The number of nitrogens with one attached hydrogen (secondary N) is 1. The molecule has 9 heteroatoms. The van der Waals surface area contributed by atoms with Crippen LogP contribution in [-0.2, 0) is 11.8 Å². The molecule has 128 valence electrons. The van der Waals surface area contributed by atoms with E-state index in [4.69, 9.17) is 4.74 Å². The van der Waals surface area contributed by atoms with Crippen molar-refractivity contribution in [1.82, 2.24) is 30.1 Å². The molecule has 0 unspecified atom stereocenters. The molecular formula is C16H17N7O2. The Kier molecular flexibility index (Phi) is 3.98. The van der Waals surface area contributed by atoms with Crippen molar-refractivity contribution in [2.75, 3.05) is 31.6 Å². The van der Waals surface area contributed by atoms with Gasteiger partial charge >= 0.3 is 6.03 Å². The number of rotatable bonds is 2. The summed E-state index contributed by atoms with van der Waals surface area (Å²) in [5.74, 6) is 0.417. The van der Waals surface area contributed by atoms with Crippen molar-refractivity contribution in [3.05, 3.63) is 30.5 Å². The predicted molar refractivity (Wildman–Crippen MR) is 90.9 cm³/mol. The van der Waals surface area contributed by atoms with Gasteiger partial charge in [-0.15, -0.1) is 15.3 Å². The Morgan fingerprint density at radius 2 is 2.00 bits per heavy atom. The SMILES string of the molecule is Cn1cc(-c2ccc3nnc(NC(=O)N4CCOCC4)cc3c2)nn1. The fourth-order valence-corrected chi connectivity index (χ4v) is 2.70. The van der Waals surface area contributed by atoms with Crippen LogP contribution in [0, 0.1) is 0 Å². The molecule has 0 spiro atoms. The van der Waals surface area contributed by atoms with E-state index in [-0.39, 0.29) is 6.03 Å². The molecule has 1 aromatic carbocycles. The smallest absolute Gasteiger partial charge is 0.323 e. The van der Waals surface area contributed by atoms with E-state index in [1.54, 1.807) is 15.6 Å². The molecule has 9 nitrogen and oxygen atoms in total. The number of urea groups is 1. The lowest BCUT2D eigenvalue weighted by Gasteiger charge is -2.26. The van der Waals surface area contributed by atoms with Crippen molar-refractivity contribution in [2.45, 2.75) is 0 Å². The lowest BCUT2D eigenvalue weighted by molar-refractivity contribution is 0.0564. The van der Waals surface area contributed by atoms with E-state index in [1.807, 2.05) is 31.4 Å². The van der Waals surface area contributed by atoms with E-state index >= 15 is 0 Å². The normalized spacial score (nSPS) is 14.7. The third-order valence-corrected chi connectivity index (χ3v) is 4.02. The highest BCUT2D eigenvalue weighted by atomic mass is 16.5. The first-order valence-electron chi connectivity index (χ1n) is 7.97. The second kappa shape index (κ2) is 6.44. The number of aryl methyl sites for hydroxylation is 1. The number of fused-ring (bicyclic) bond motifs is 1. The fraction of sp³-hybridized carbons (Fsp3) is 0.312. The topological polar surface area (TPSA) is 98.1 Å². The largest absolute Gasteiger partial charge is 0.378 e. The summed E-state index contributed by atoms with van der Waals surface area (Å²) in [7, 11) is 1.82. The number of carbonyl (C=O) groups excluding carboxylic acids is 1. The van der Waals surface area contributed by atoms with Crippen LogP contribution < -0.4 is 5.32 Å². The van der Waals surface area contributed by atoms with E-state index in [2.05, 4.69) is 25.8 Å². The van der Waals surface area contributed by atoms with Crippen LogP contribution in [0.5, 0.6) is 0 Å². The van der Waals surface area contributed by atoms with Crippen LogP contribution in [0.2, 0.25) is 0 Å². The van der Waals surface area contributed by atoms with E-state index in [1.165, 1.54) is 0 Å². The molecule has 1 aliphatic heterocycles. The minimum absolute atomic E-state index is 0.193. The van der Waals surface area contributed by atoms with Crippen molar-refractivity contribution in [3.63, 3.8) is 0 Å². The third-order valence-electron chi connectivity index (χ3n) is 4.02. The second-order valence-electron chi connectivity index (χ2n) is 5.81. The van der Waals surface area contributed by atoms with Gasteiger partial charge in [0.2, 0.25) is 0 Å². The zero-order valence-corrected chi connectivity index (χ0v) is 13.7.